The lowest BCUT2D eigenvalue weighted by Crippen LogP contribution is -2.09. The van der Waals surface area contributed by atoms with Gasteiger partial charge in [0.25, 0.3) is 0 Å². The first-order valence-electron chi connectivity index (χ1n) is 5.72. The summed E-state index contributed by atoms with van der Waals surface area (Å²) in [5.41, 5.74) is 2.71. The third kappa shape index (κ3) is 3.37. The average Bonchev–Trinajstić information content (AvgIpc) is 2.36. The highest BCUT2D eigenvalue weighted by molar-refractivity contribution is 9.10. The molecule has 0 heterocycles. The number of ether oxygens (including phenoxy) is 1. The monoisotopic (exact) mass is 338 g/mol. The Hall–Kier alpha value is -1.32. The number of benzene rings is 2. The van der Waals surface area contributed by atoms with Crippen LogP contribution in [-0.2, 0) is 0 Å². The van der Waals surface area contributed by atoms with Crippen LogP contribution in [-0.4, -0.2) is 5.97 Å². The van der Waals surface area contributed by atoms with E-state index in [1.165, 1.54) is 0 Å². The minimum Gasteiger partial charge on any atom is -0.421 e. The van der Waals surface area contributed by atoms with E-state index in [0.717, 1.165) is 15.6 Å². The summed E-state index contributed by atoms with van der Waals surface area (Å²) < 4.78 is 6.13. The number of rotatable bonds is 2. The van der Waals surface area contributed by atoms with Crippen molar-refractivity contribution in [1.82, 2.24) is 0 Å². The van der Waals surface area contributed by atoms with Crippen molar-refractivity contribution in [2.45, 2.75) is 13.8 Å². The molecule has 0 N–H and O–H groups in total. The molecule has 0 aliphatic heterocycles. The highest BCUT2D eigenvalue weighted by Crippen LogP contribution is 2.28. The fourth-order valence-electron chi connectivity index (χ4n) is 1.59. The van der Waals surface area contributed by atoms with Crippen molar-refractivity contribution in [2.75, 3.05) is 0 Å². The molecule has 0 aliphatic carbocycles. The number of aryl methyl sites for hydroxylation is 2. The van der Waals surface area contributed by atoms with Gasteiger partial charge in [0.15, 0.2) is 0 Å². The molecule has 0 saturated heterocycles. The second-order valence-corrected chi connectivity index (χ2v) is 5.59. The number of hydrogen-bond donors (Lipinski definition) is 0. The Morgan fingerprint density at radius 3 is 2.47 bits per heavy atom. The number of esters is 1. The van der Waals surface area contributed by atoms with E-state index in [1.807, 2.05) is 26.0 Å². The van der Waals surface area contributed by atoms with Crippen molar-refractivity contribution in [3.05, 3.63) is 62.6 Å². The zero-order valence-electron chi connectivity index (χ0n) is 10.5. The highest BCUT2D eigenvalue weighted by atomic mass is 79.9. The van der Waals surface area contributed by atoms with E-state index < -0.39 is 5.97 Å². The van der Waals surface area contributed by atoms with Gasteiger partial charge in [0.05, 0.1) is 10.6 Å². The second-order valence-electron chi connectivity index (χ2n) is 4.26. The summed E-state index contributed by atoms with van der Waals surface area (Å²) in [5, 5.41) is 0.395. The predicted molar refractivity (Wildman–Crippen MR) is 80.0 cm³/mol. The molecule has 19 heavy (non-hydrogen) atoms. The Morgan fingerprint density at radius 2 is 1.84 bits per heavy atom. The molecule has 0 unspecified atom stereocenters. The maximum absolute atomic E-state index is 12.0. The Labute approximate surface area is 125 Å². The van der Waals surface area contributed by atoms with Crippen LogP contribution in [0.5, 0.6) is 5.75 Å². The Balaban J connectivity index is 2.23. The Kier molecular flexibility index (Phi) is 4.27. The molecule has 2 aromatic carbocycles. The van der Waals surface area contributed by atoms with Crippen LogP contribution >= 0.6 is 27.5 Å². The Morgan fingerprint density at radius 1 is 1.11 bits per heavy atom. The molecular formula is C15H12BrClO2. The first kappa shape index (κ1) is 14.1. The lowest BCUT2D eigenvalue weighted by molar-refractivity contribution is 0.0734. The van der Waals surface area contributed by atoms with Crippen LogP contribution in [0.4, 0.5) is 0 Å². The minimum atomic E-state index is -0.410. The maximum Gasteiger partial charge on any atom is 0.343 e. The van der Waals surface area contributed by atoms with Gasteiger partial charge in [0.1, 0.15) is 5.75 Å². The summed E-state index contributed by atoms with van der Waals surface area (Å²) in [6.07, 6.45) is 0. The van der Waals surface area contributed by atoms with Crippen molar-refractivity contribution in [3.63, 3.8) is 0 Å². The van der Waals surface area contributed by atoms with Crippen molar-refractivity contribution >= 4 is 33.5 Å². The standard InChI is InChI=1S/C15H12BrClO2/c1-9-3-4-11(7-10(9)2)15(18)19-14-6-5-12(16)8-13(14)17/h3-8H,1-2H3. The molecular weight excluding hydrogens is 328 g/mol. The van der Waals surface area contributed by atoms with E-state index in [0.29, 0.717) is 16.3 Å². The molecule has 0 radical (unpaired) electrons. The average molecular weight is 340 g/mol. The molecule has 2 aromatic rings. The molecule has 0 atom stereocenters. The van der Waals surface area contributed by atoms with Crippen LogP contribution in [0, 0.1) is 13.8 Å². The van der Waals surface area contributed by atoms with E-state index in [-0.39, 0.29) is 0 Å². The smallest absolute Gasteiger partial charge is 0.343 e. The molecule has 0 saturated carbocycles. The predicted octanol–water partition coefficient (Wildman–Crippen LogP) is 4.94. The van der Waals surface area contributed by atoms with Crippen LogP contribution in [0.3, 0.4) is 0 Å². The highest BCUT2D eigenvalue weighted by Gasteiger charge is 2.11. The fraction of sp³-hybridized carbons (Fsp3) is 0.133. The molecule has 0 bridgehead atoms. The zero-order valence-corrected chi connectivity index (χ0v) is 12.9. The molecule has 2 nitrogen and oxygen atoms in total. The van der Waals surface area contributed by atoms with Gasteiger partial charge in [-0.05, 0) is 55.3 Å². The largest absolute Gasteiger partial charge is 0.421 e. The summed E-state index contributed by atoms with van der Waals surface area (Å²) in [7, 11) is 0. The van der Waals surface area contributed by atoms with Gasteiger partial charge in [-0.25, -0.2) is 4.79 Å². The number of halogens is 2. The van der Waals surface area contributed by atoms with Gasteiger partial charge in [0, 0.05) is 4.47 Å². The molecule has 0 spiro atoms. The van der Waals surface area contributed by atoms with Crippen molar-refractivity contribution in [3.8, 4) is 5.75 Å². The quantitative estimate of drug-likeness (QED) is 0.572. The fourth-order valence-corrected chi connectivity index (χ4v) is 2.30. The molecule has 4 heteroatoms. The second kappa shape index (κ2) is 5.76. The lowest BCUT2D eigenvalue weighted by Gasteiger charge is -2.08. The number of carbonyl (C=O) groups excluding carboxylic acids is 1. The van der Waals surface area contributed by atoms with Crippen molar-refractivity contribution in [1.29, 1.82) is 0 Å². The van der Waals surface area contributed by atoms with Crippen LogP contribution in [0.25, 0.3) is 0 Å². The van der Waals surface area contributed by atoms with Crippen LogP contribution in [0.15, 0.2) is 40.9 Å². The maximum atomic E-state index is 12.0. The number of hydrogen-bond acceptors (Lipinski definition) is 2. The zero-order chi connectivity index (χ0) is 14.0. The third-order valence-electron chi connectivity index (χ3n) is 2.84. The summed E-state index contributed by atoms with van der Waals surface area (Å²) >= 11 is 9.31. The first-order valence-corrected chi connectivity index (χ1v) is 6.89. The van der Waals surface area contributed by atoms with Gasteiger partial charge in [-0.2, -0.15) is 0 Å². The van der Waals surface area contributed by atoms with Gasteiger partial charge in [-0.15, -0.1) is 0 Å². The minimum absolute atomic E-state index is 0.355. The summed E-state index contributed by atoms with van der Waals surface area (Å²) in [4.78, 5) is 12.0. The van der Waals surface area contributed by atoms with Crippen LogP contribution in [0.2, 0.25) is 5.02 Å². The van der Waals surface area contributed by atoms with Crippen LogP contribution in [0.1, 0.15) is 21.5 Å². The normalized spacial score (nSPS) is 10.3. The first-order chi connectivity index (χ1) is 8.97. The van der Waals surface area contributed by atoms with Gasteiger partial charge in [-0.3, -0.25) is 0 Å². The van der Waals surface area contributed by atoms with Gasteiger partial charge < -0.3 is 4.74 Å². The van der Waals surface area contributed by atoms with Gasteiger partial charge >= 0.3 is 5.97 Å². The van der Waals surface area contributed by atoms with E-state index >= 15 is 0 Å². The molecule has 2 rings (SSSR count). The van der Waals surface area contributed by atoms with Crippen molar-refractivity contribution in [2.24, 2.45) is 0 Å². The molecule has 0 aromatic heterocycles. The van der Waals surface area contributed by atoms with E-state index in [2.05, 4.69) is 15.9 Å². The summed E-state index contributed by atoms with van der Waals surface area (Å²) in [5.74, 6) is -0.0552. The SMILES string of the molecule is Cc1ccc(C(=O)Oc2ccc(Br)cc2Cl)cc1C. The van der Waals surface area contributed by atoms with E-state index in [9.17, 15) is 4.79 Å². The van der Waals surface area contributed by atoms with Gasteiger partial charge in [0.2, 0.25) is 0 Å². The summed E-state index contributed by atoms with van der Waals surface area (Å²) in [6, 6.07) is 10.6. The van der Waals surface area contributed by atoms with Crippen molar-refractivity contribution < 1.29 is 9.53 Å². The number of carbonyl (C=O) groups is 1. The topological polar surface area (TPSA) is 26.3 Å². The van der Waals surface area contributed by atoms with E-state index in [4.69, 9.17) is 16.3 Å². The third-order valence-corrected chi connectivity index (χ3v) is 3.63. The Bertz CT molecular complexity index is 638. The molecule has 0 aliphatic rings. The van der Waals surface area contributed by atoms with Gasteiger partial charge in [-0.1, -0.05) is 33.6 Å². The van der Waals surface area contributed by atoms with Crippen LogP contribution < -0.4 is 4.74 Å². The molecule has 0 amide bonds. The summed E-state index contributed by atoms with van der Waals surface area (Å²) in [6.45, 7) is 3.95. The van der Waals surface area contributed by atoms with E-state index in [1.54, 1.807) is 24.3 Å². The lowest BCUT2D eigenvalue weighted by atomic mass is 10.1. The molecule has 98 valence electrons. The molecule has 0 fully saturated rings.